The zero-order valence-corrected chi connectivity index (χ0v) is 31.7. The quantitative estimate of drug-likeness (QED) is 0.211. The Balaban J connectivity index is 1.28. The van der Waals surface area contributed by atoms with Gasteiger partial charge in [0.05, 0.1) is 12.2 Å². The van der Waals surface area contributed by atoms with E-state index >= 15 is 14.4 Å². The van der Waals surface area contributed by atoms with Gasteiger partial charge in [0.1, 0.15) is 54.5 Å². The highest BCUT2D eigenvalue weighted by Gasteiger charge is 2.65. The molecule has 0 saturated carbocycles. The van der Waals surface area contributed by atoms with Gasteiger partial charge in [-0.25, -0.2) is 8.78 Å². The van der Waals surface area contributed by atoms with Crippen molar-refractivity contribution >= 4 is 35.2 Å². The van der Waals surface area contributed by atoms with Gasteiger partial charge in [0.2, 0.25) is 17.4 Å². The maximum atomic E-state index is 15.4. The van der Waals surface area contributed by atoms with E-state index < -0.39 is 83.5 Å². The number of fused-ring (bicyclic) bond motifs is 2. The Morgan fingerprint density at radius 1 is 0.746 bits per heavy atom. The standard InChI is InChI=1S/C44H40F2N4O9/c45-29-12-6-26(7-13-29)22-33(41(54)48-20-18-36-39(48)35(51)24-57-36)50(40(53)28-10-16-32(17-11-28)59-31-4-2-1-3-5-31)34(23-27-8-14-30(46)15-9-27)42(55)49-21-19-38-44(49,43(47)56)37(52)25-58-38/h1-17,33-34,36,38-39H,18-25H2,(H2,47,56). The van der Waals surface area contributed by atoms with Gasteiger partial charge in [-0.2, -0.15) is 0 Å². The second kappa shape index (κ2) is 16.1. The molecule has 8 rings (SSSR count). The monoisotopic (exact) mass is 806 g/mol. The second-order valence-corrected chi connectivity index (χ2v) is 15.1. The molecular formula is C44H40F2N4O9. The minimum absolute atomic E-state index is 0.0305. The number of halogens is 2. The van der Waals surface area contributed by atoms with E-state index in [-0.39, 0.29) is 50.3 Å². The fourth-order valence-electron chi connectivity index (χ4n) is 8.79. The van der Waals surface area contributed by atoms with Crippen LogP contribution in [0.4, 0.5) is 8.78 Å². The van der Waals surface area contributed by atoms with Crippen molar-refractivity contribution in [3.8, 4) is 11.5 Å². The molecule has 4 aliphatic heterocycles. The zero-order chi connectivity index (χ0) is 41.4. The Bertz CT molecular complexity index is 2280. The molecular weight excluding hydrogens is 766 g/mol. The van der Waals surface area contributed by atoms with Crippen LogP contribution in [0.3, 0.4) is 0 Å². The van der Waals surface area contributed by atoms with Crippen molar-refractivity contribution in [3.05, 3.63) is 131 Å². The number of likely N-dealkylation sites (tertiary alicyclic amines) is 2. The van der Waals surface area contributed by atoms with Crippen LogP contribution in [-0.4, -0.2) is 112 Å². The third kappa shape index (κ3) is 7.36. The van der Waals surface area contributed by atoms with Crippen LogP contribution in [0.5, 0.6) is 11.5 Å². The zero-order valence-electron chi connectivity index (χ0n) is 31.7. The van der Waals surface area contributed by atoms with Crippen LogP contribution in [0.2, 0.25) is 0 Å². The van der Waals surface area contributed by atoms with E-state index in [9.17, 15) is 23.2 Å². The third-order valence-corrected chi connectivity index (χ3v) is 11.6. The molecule has 304 valence electrons. The molecule has 0 aliphatic carbocycles. The molecule has 4 fully saturated rings. The maximum absolute atomic E-state index is 15.4. The van der Waals surface area contributed by atoms with E-state index in [2.05, 4.69) is 0 Å². The Labute approximate surface area is 337 Å². The number of nitrogens with two attached hydrogens (primary N) is 1. The van der Waals surface area contributed by atoms with Gasteiger partial charge >= 0.3 is 0 Å². The van der Waals surface area contributed by atoms with Crippen LogP contribution in [0.25, 0.3) is 0 Å². The third-order valence-electron chi connectivity index (χ3n) is 11.6. The van der Waals surface area contributed by atoms with E-state index in [0.717, 1.165) is 9.80 Å². The van der Waals surface area contributed by atoms with Crippen LogP contribution in [0.15, 0.2) is 103 Å². The number of ketones is 2. The molecule has 4 aromatic carbocycles. The number of amides is 4. The summed E-state index contributed by atoms with van der Waals surface area (Å²) in [5.41, 5.74) is 4.56. The summed E-state index contributed by atoms with van der Waals surface area (Å²) < 4.78 is 45.8. The Morgan fingerprint density at radius 2 is 1.34 bits per heavy atom. The smallest absolute Gasteiger partial charge is 0.255 e. The van der Waals surface area contributed by atoms with Crippen molar-refractivity contribution in [1.82, 2.24) is 14.7 Å². The first-order chi connectivity index (χ1) is 28.4. The molecule has 4 amide bonds. The first-order valence-corrected chi connectivity index (χ1v) is 19.3. The summed E-state index contributed by atoms with van der Waals surface area (Å²) in [6.07, 6.45) is -1.75. The largest absolute Gasteiger partial charge is 0.457 e. The maximum Gasteiger partial charge on any atom is 0.255 e. The van der Waals surface area contributed by atoms with Crippen LogP contribution in [-0.2, 0) is 46.3 Å². The van der Waals surface area contributed by atoms with E-state index in [4.69, 9.17) is 19.9 Å². The van der Waals surface area contributed by atoms with Crippen LogP contribution >= 0.6 is 0 Å². The summed E-state index contributed by atoms with van der Waals surface area (Å²) in [4.78, 5) is 89.5. The molecule has 0 bridgehead atoms. The van der Waals surface area contributed by atoms with E-state index in [0.29, 0.717) is 29.0 Å². The predicted octanol–water partition coefficient (Wildman–Crippen LogP) is 3.42. The van der Waals surface area contributed by atoms with Gasteiger partial charge < -0.3 is 34.6 Å². The summed E-state index contributed by atoms with van der Waals surface area (Å²) >= 11 is 0. The first-order valence-electron chi connectivity index (χ1n) is 19.3. The molecule has 2 N–H and O–H groups in total. The number of carbonyl (C=O) groups is 6. The summed E-state index contributed by atoms with van der Waals surface area (Å²) in [6.45, 7) is -0.716. The van der Waals surface area contributed by atoms with Gasteiger partial charge in [-0.15, -0.1) is 0 Å². The number of Topliss-reactive ketones (excluding diaryl/α,β-unsaturated/α-hetero) is 2. The molecule has 6 unspecified atom stereocenters. The van der Waals surface area contributed by atoms with Gasteiger partial charge in [-0.1, -0.05) is 42.5 Å². The van der Waals surface area contributed by atoms with Crippen LogP contribution in [0.1, 0.15) is 34.3 Å². The predicted molar refractivity (Wildman–Crippen MR) is 205 cm³/mol. The summed E-state index contributed by atoms with van der Waals surface area (Å²) in [5, 5.41) is 0. The Hall–Kier alpha value is -6.32. The van der Waals surface area contributed by atoms with E-state index in [1.54, 1.807) is 36.4 Å². The molecule has 13 nitrogen and oxygen atoms in total. The minimum atomic E-state index is -2.19. The summed E-state index contributed by atoms with van der Waals surface area (Å²) in [6, 6.07) is 21.3. The molecule has 4 aliphatic rings. The van der Waals surface area contributed by atoms with Crippen molar-refractivity contribution < 1.29 is 51.8 Å². The van der Waals surface area contributed by atoms with Crippen molar-refractivity contribution in [3.63, 3.8) is 0 Å². The number of rotatable bonds is 12. The summed E-state index contributed by atoms with van der Waals surface area (Å²) in [5.74, 6) is -4.73. The van der Waals surface area contributed by atoms with Crippen molar-refractivity contribution in [2.24, 2.45) is 5.73 Å². The lowest BCUT2D eigenvalue weighted by atomic mass is 9.88. The van der Waals surface area contributed by atoms with Gasteiger partial charge in [-0.3, -0.25) is 28.8 Å². The van der Waals surface area contributed by atoms with Gasteiger partial charge in [-0.05, 0) is 84.6 Å². The number of benzene rings is 4. The minimum Gasteiger partial charge on any atom is -0.457 e. The average Bonchev–Trinajstić information content (AvgIpc) is 4.02. The highest BCUT2D eigenvalue weighted by molar-refractivity contribution is 6.16. The fourth-order valence-corrected chi connectivity index (χ4v) is 8.79. The SMILES string of the molecule is NC(=O)C12C(=O)COC1CCN2C(=O)C(Cc1ccc(F)cc1)N(C(=O)c1ccc(Oc2ccccc2)cc1)C(Cc1ccc(F)cc1)C(=O)N1CCC2OCC(=O)C21. The van der Waals surface area contributed by atoms with Crippen molar-refractivity contribution in [2.75, 3.05) is 26.3 Å². The first kappa shape index (κ1) is 39.5. The number of nitrogens with zero attached hydrogens (tertiary/aromatic N) is 3. The topological polar surface area (TPSA) is 166 Å². The molecule has 4 saturated heterocycles. The fraction of sp³-hybridized carbons (Fsp3) is 0.318. The molecule has 0 radical (unpaired) electrons. The number of ether oxygens (including phenoxy) is 3. The number of primary amides is 1. The van der Waals surface area contributed by atoms with E-state index in [1.807, 2.05) is 6.07 Å². The normalized spacial score (nSPS) is 23.1. The van der Waals surface area contributed by atoms with Crippen LogP contribution in [0, 0.1) is 11.6 Å². The lowest BCUT2D eigenvalue weighted by Crippen LogP contribution is -2.68. The lowest BCUT2D eigenvalue weighted by Gasteiger charge is -2.42. The van der Waals surface area contributed by atoms with Crippen LogP contribution < -0.4 is 10.5 Å². The average molecular weight is 807 g/mol. The molecule has 15 heteroatoms. The molecule has 59 heavy (non-hydrogen) atoms. The molecule has 0 aromatic heterocycles. The van der Waals surface area contributed by atoms with Crippen molar-refractivity contribution in [2.45, 2.75) is 61.6 Å². The number of carbonyl (C=O) groups excluding carboxylic acids is 6. The summed E-state index contributed by atoms with van der Waals surface area (Å²) in [7, 11) is 0. The number of hydrogen-bond acceptors (Lipinski definition) is 9. The molecule has 4 aromatic rings. The molecule has 6 atom stereocenters. The highest BCUT2D eigenvalue weighted by atomic mass is 19.1. The lowest BCUT2D eigenvalue weighted by molar-refractivity contribution is -0.154. The number of para-hydroxylation sites is 1. The van der Waals surface area contributed by atoms with Gasteiger partial charge in [0.25, 0.3) is 11.8 Å². The van der Waals surface area contributed by atoms with E-state index in [1.165, 1.54) is 65.6 Å². The second-order valence-electron chi connectivity index (χ2n) is 15.1. The number of hydrogen-bond donors (Lipinski definition) is 1. The van der Waals surface area contributed by atoms with Gasteiger partial charge in [0, 0.05) is 31.5 Å². The van der Waals surface area contributed by atoms with Gasteiger partial charge in [0.15, 0.2) is 11.6 Å². The Morgan fingerprint density at radius 3 is 1.95 bits per heavy atom. The molecule has 4 heterocycles. The molecule has 0 spiro atoms. The highest BCUT2D eigenvalue weighted by Crippen LogP contribution is 2.39. The van der Waals surface area contributed by atoms with Crippen molar-refractivity contribution in [1.29, 1.82) is 0 Å². The Kier molecular flexibility index (Phi) is 10.8.